The van der Waals surface area contributed by atoms with Gasteiger partial charge in [-0.1, -0.05) is 12.1 Å². The van der Waals surface area contributed by atoms with Gasteiger partial charge in [0.15, 0.2) is 17.3 Å². The molecule has 0 saturated carbocycles. The van der Waals surface area contributed by atoms with E-state index in [1.807, 2.05) is 23.6 Å². The molecule has 0 fully saturated rings. The van der Waals surface area contributed by atoms with Crippen LogP contribution in [-0.4, -0.2) is 38.5 Å². The number of hydrogen-bond donors (Lipinski definition) is 1. The molecule has 0 unspecified atom stereocenters. The van der Waals surface area contributed by atoms with Gasteiger partial charge < -0.3 is 19.5 Å². The van der Waals surface area contributed by atoms with Crippen molar-refractivity contribution in [3.63, 3.8) is 0 Å². The maximum absolute atomic E-state index is 13.8. The van der Waals surface area contributed by atoms with Gasteiger partial charge >= 0.3 is 5.97 Å². The number of benzene rings is 1. The number of thiophene rings is 1. The third kappa shape index (κ3) is 3.90. The molecule has 0 spiro atoms. The van der Waals surface area contributed by atoms with Gasteiger partial charge in [0.05, 0.1) is 20.8 Å². The first-order valence-electron chi connectivity index (χ1n) is 10.5. The van der Waals surface area contributed by atoms with E-state index in [9.17, 15) is 14.4 Å². The molecule has 32 heavy (non-hydrogen) atoms. The summed E-state index contributed by atoms with van der Waals surface area (Å²) < 4.78 is 16.0. The predicted molar refractivity (Wildman–Crippen MR) is 119 cm³/mol. The van der Waals surface area contributed by atoms with Gasteiger partial charge in [-0.15, -0.1) is 11.3 Å². The molecule has 1 aliphatic heterocycles. The first-order valence-corrected chi connectivity index (χ1v) is 11.4. The Balaban J connectivity index is 1.81. The van der Waals surface area contributed by atoms with Gasteiger partial charge in [-0.05, 0) is 42.5 Å². The molecule has 168 valence electrons. The first-order chi connectivity index (χ1) is 15.5. The zero-order valence-electron chi connectivity index (χ0n) is 18.2. The van der Waals surface area contributed by atoms with Gasteiger partial charge in [0.2, 0.25) is 5.91 Å². The van der Waals surface area contributed by atoms with Gasteiger partial charge in [0.1, 0.15) is 5.92 Å². The van der Waals surface area contributed by atoms with E-state index in [1.165, 1.54) is 18.4 Å². The molecule has 0 saturated heterocycles. The second kappa shape index (κ2) is 9.16. The molecule has 0 radical (unpaired) electrons. The van der Waals surface area contributed by atoms with E-state index in [2.05, 4.69) is 5.32 Å². The van der Waals surface area contributed by atoms with Gasteiger partial charge in [-0.2, -0.15) is 0 Å². The van der Waals surface area contributed by atoms with Crippen molar-refractivity contribution in [2.24, 2.45) is 5.92 Å². The molecule has 8 heteroatoms. The second-order valence-corrected chi connectivity index (χ2v) is 8.71. The van der Waals surface area contributed by atoms with Crippen LogP contribution in [0.15, 0.2) is 47.0 Å². The number of amides is 1. The fraction of sp³-hybridized carbons (Fsp3) is 0.375. The zero-order chi connectivity index (χ0) is 22.8. The molecule has 0 bridgehead atoms. The minimum Gasteiger partial charge on any atom is -0.493 e. The van der Waals surface area contributed by atoms with Crippen LogP contribution in [0.25, 0.3) is 0 Å². The summed E-state index contributed by atoms with van der Waals surface area (Å²) >= 11 is 1.49. The lowest BCUT2D eigenvalue weighted by Gasteiger charge is -2.37. The van der Waals surface area contributed by atoms with Crippen LogP contribution in [0, 0.1) is 5.92 Å². The molecule has 2 aromatic rings. The number of carbonyl (C=O) groups is 3. The van der Waals surface area contributed by atoms with Crippen LogP contribution in [0.4, 0.5) is 0 Å². The minimum atomic E-state index is -0.940. The number of ketones is 1. The van der Waals surface area contributed by atoms with E-state index in [4.69, 9.17) is 14.2 Å². The van der Waals surface area contributed by atoms with Crippen molar-refractivity contribution in [2.45, 2.75) is 31.6 Å². The fourth-order valence-corrected chi connectivity index (χ4v) is 5.44. The first kappa shape index (κ1) is 22.1. The maximum Gasteiger partial charge on any atom is 0.317 e. The number of hydrogen-bond acceptors (Lipinski definition) is 7. The normalized spacial score (nSPS) is 22.8. The highest BCUT2D eigenvalue weighted by molar-refractivity contribution is 7.10. The summed E-state index contributed by atoms with van der Waals surface area (Å²) in [6, 6.07) is 9.17. The largest absolute Gasteiger partial charge is 0.493 e. The highest BCUT2D eigenvalue weighted by Gasteiger charge is 2.48. The molecule has 1 aromatic heterocycles. The van der Waals surface area contributed by atoms with E-state index < -0.39 is 17.8 Å². The third-order valence-electron chi connectivity index (χ3n) is 5.99. The molecule has 4 rings (SSSR count). The Morgan fingerprint density at radius 2 is 1.91 bits per heavy atom. The van der Waals surface area contributed by atoms with Crippen molar-refractivity contribution in [3.8, 4) is 11.5 Å². The Labute approximate surface area is 190 Å². The quantitative estimate of drug-likeness (QED) is 0.529. The summed E-state index contributed by atoms with van der Waals surface area (Å²) in [7, 11) is 3.08. The topological polar surface area (TPSA) is 90.9 Å². The molecule has 1 N–H and O–H groups in total. The lowest BCUT2D eigenvalue weighted by Crippen LogP contribution is -2.44. The Morgan fingerprint density at radius 3 is 2.56 bits per heavy atom. The van der Waals surface area contributed by atoms with E-state index in [0.717, 1.165) is 10.4 Å². The SMILES string of the molecule is CCOC(=O)[C@@H]1C(=O)C2=C(C[C@H]1c1cccs1)NC(=O)C[C@H]2c1ccc(OC)c(OC)c1. The maximum atomic E-state index is 13.8. The number of carbonyl (C=O) groups excluding carboxylic acids is 3. The molecule has 3 atom stereocenters. The average molecular weight is 456 g/mol. The van der Waals surface area contributed by atoms with Crippen LogP contribution >= 0.6 is 11.3 Å². The summed E-state index contributed by atoms with van der Waals surface area (Å²) in [4.78, 5) is 40.2. The number of Topliss-reactive ketones (excluding diaryl/α,β-unsaturated/α-hetero) is 1. The van der Waals surface area contributed by atoms with Crippen molar-refractivity contribution < 1.29 is 28.6 Å². The van der Waals surface area contributed by atoms with Crippen LogP contribution in [0.1, 0.15) is 42.0 Å². The van der Waals surface area contributed by atoms with Crippen LogP contribution in [-0.2, 0) is 19.1 Å². The smallest absolute Gasteiger partial charge is 0.317 e. The Kier molecular flexibility index (Phi) is 6.32. The highest BCUT2D eigenvalue weighted by Crippen LogP contribution is 2.47. The van der Waals surface area contributed by atoms with Crippen LogP contribution < -0.4 is 14.8 Å². The predicted octanol–water partition coefficient (Wildman–Crippen LogP) is 3.56. The number of nitrogens with one attached hydrogen (secondary N) is 1. The summed E-state index contributed by atoms with van der Waals surface area (Å²) in [5.74, 6) is -1.69. The number of methoxy groups -OCH3 is 2. The Morgan fingerprint density at radius 1 is 1.12 bits per heavy atom. The van der Waals surface area contributed by atoms with Crippen molar-refractivity contribution in [1.82, 2.24) is 5.32 Å². The van der Waals surface area contributed by atoms with E-state index in [-0.39, 0.29) is 30.6 Å². The standard InChI is InChI=1S/C24H25NO6S/c1-4-31-24(28)22-15(19-6-5-9-32-19)11-16-21(23(22)27)14(12-20(26)25-16)13-7-8-17(29-2)18(10-13)30-3/h5-10,14-15,22H,4,11-12H2,1-3H3,(H,25,26)/t14-,15-,22-/m0/s1. The molecule has 1 aromatic carbocycles. The van der Waals surface area contributed by atoms with Crippen molar-refractivity contribution in [2.75, 3.05) is 20.8 Å². The van der Waals surface area contributed by atoms with Crippen LogP contribution in [0.3, 0.4) is 0 Å². The minimum absolute atomic E-state index is 0.110. The summed E-state index contributed by atoms with van der Waals surface area (Å²) in [5.41, 5.74) is 1.82. The van der Waals surface area contributed by atoms with E-state index in [1.54, 1.807) is 26.2 Å². The van der Waals surface area contributed by atoms with Crippen molar-refractivity contribution in [3.05, 3.63) is 57.4 Å². The summed E-state index contributed by atoms with van der Waals surface area (Å²) in [6.07, 6.45) is 0.500. The van der Waals surface area contributed by atoms with Gasteiger partial charge in [0, 0.05) is 34.4 Å². The second-order valence-electron chi connectivity index (χ2n) is 7.73. The van der Waals surface area contributed by atoms with Crippen LogP contribution in [0.5, 0.6) is 11.5 Å². The summed E-state index contributed by atoms with van der Waals surface area (Å²) in [5, 5.41) is 4.81. The molecule has 2 heterocycles. The molecule has 7 nitrogen and oxygen atoms in total. The third-order valence-corrected chi connectivity index (χ3v) is 6.99. The lowest BCUT2D eigenvalue weighted by molar-refractivity contribution is -0.152. The molecular weight excluding hydrogens is 430 g/mol. The van der Waals surface area contributed by atoms with E-state index >= 15 is 0 Å². The van der Waals surface area contributed by atoms with Gasteiger partial charge in [-0.25, -0.2) is 0 Å². The van der Waals surface area contributed by atoms with Gasteiger partial charge in [-0.3, -0.25) is 14.4 Å². The molecular formula is C24H25NO6S. The average Bonchev–Trinajstić information content (AvgIpc) is 3.32. The van der Waals surface area contributed by atoms with Crippen molar-refractivity contribution >= 4 is 29.0 Å². The Bertz CT molecular complexity index is 1070. The molecule has 1 amide bonds. The number of allylic oxidation sites excluding steroid dienone is 2. The number of esters is 1. The monoisotopic (exact) mass is 455 g/mol. The summed E-state index contributed by atoms with van der Waals surface area (Å²) in [6.45, 7) is 1.92. The highest BCUT2D eigenvalue weighted by atomic mass is 32.1. The molecule has 2 aliphatic rings. The van der Waals surface area contributed by atoms with Crippen LogP contribution in [0.2, 0.25) is 0 Å². The number of rotatable bonds is 6. The zero-order valence-corrected chi connectivity index (χ0v) is 19.0. The van der Waals surface area contributed by atoms with E-state index in [0.29, 0.717) is 29.2 Å². The Hall–Kier alpha value is -3.13. The molecule has 1 aliphatic carbocycles. The lowest BCUT2D eigenvalue weighted by atomic mass is 9.69. The van der Waals surface area contributed by atoms with Crippen molar-refractivity contribution in [1.29, 1.82) is 0 Å². The number of ether oxygens (including phenoxy) is 3. The van der Waals surface area contributed by atoms with Gasteiger partial charge in [0.25, 0.3) is 0 Å². The fourth-order valence-electron chi connectivity index (χ4n) is 4.58.